The quantitative estimate of drug-likeness (QED) is 0.483. The first-order valence-corrected chi connectivity index (χ1v) is 5.77. The maximum atomic E-state index is 8.74. The number of nitrogens with zero attached hydrogens (tertiary/aromatic N) is 4. The number of methoxy groups -OCH3 is 1. The van der Waals surface area contributed by atoms with Crippen LogP contribution < -0.4 is 14.9 Å². The zero-order chi connectivity index (χ0) is 14.2. The van der Waals surface area contributed by atoms with Crippen molar-refractivity contribution in [2.24, 2.45) is 5.10 Å². The van der Waals surface area contributed by atoms with Crippen molar-refractivity contribution in [3.05, 3.63) is 23.8 Å². The van der Waals surface area contributed by atoms with Gasteiger partial charge in [-0.25, -0.2) is 5.43 Å². The van der Waals surface area contributed by atoms with Crippen molar-refractivity contribution < 1.29 is 14.6 Å². The third kappa shape index (κ3) is 3.65. The number of tetrazole rings is 1. The summed E-state index contributed by atoms with van der Waals surface area (Å²) in [6.45, 7) is 0.157. The number of aromatic nitrogens is 4. The molecule has 0 unspecified atom stereocenters. The number of hydrazone groups is 1. The summed E-state index contributed by atoms with van der Waals surface area (Å²) in [6.07, 6.45) is 1.58. The highest BCUT2D eigenvalue weighted by molar-refractivity contribution is 5.81. The largest absolute Gasteiger partial charge is 0.493 e. The van der Waals surface area contributed by atoms with Crippen LogP contribution >= 0.6 is 0 Å². The Morgan fingerprint density at radius 1 is 1.45 bits per heavy atom. The Morgan fingerprint density at radius 3 is 3.05 bits per heavy atom. The topological polar surface area (TPSA) is 118 Å². The fourth-order valence-corrected chi connectivity index (χ4v) is 1.41. The molecule has 0 aliphatic rings. The van der Waals surface area contributed by atoms with E-state index >= 15 is 0 Å². The Kier molecular flexibility index (Phi) is 4.84. The number of nitrogens with one attached hydrogen (secondary N) is 2. The molecule has 0 saturated heterocycles. The minimum Gasteiger partial charge on any atom is -0.493 e. The van der Waals surface area contributed by atoms with Crippen molar-refractivity contribution in [3.63, 3.8) is 0 Å². The molecule has 1 heterocycles. The van der Waals surface area contributed by atoms with Gasteiger partial charge in [0.1, 0.15) is 6.61 Å². The van der Waals surface area contributed by atoms with Gasteiger partial charge in [0.05, 0.1) is 19.9 Å². The van der Waals surface area contributed by atoms with E-state index in [0.29, 0.717) is 11.5 Å². The Hall–Kier alpha value is -2.68. The lowest BCUT2D eigenvalue weighted by molar-refractivity contribution is 0.196. The summed E-state index contributed by atoms with van der Waals surface area (Å²) in [5.74, 6) is 1.39. The van der Waals surface area contributed by atoms with E-state index in [1.165, 1.54) is 0 Å². The van der Waals surface area contributed by atoms with Crippen LogP contribution in [0.1, 0.15) is 5.56 Å². The number of rotatable bonds is 7. The van der Waals surface area contributed by atoms with Crippen LogP contribution in [0, 0.1) is 0 Å². The predicted molar refractivity (Wildman–Crippen MR) is 71.0 cm³/mol. The van der Waals surface area contributed by atoms with Gasteiger partial charge in [0.2, 0.25) is 0 Å². The molecule has 3 N–H and O–H groups in total. The molecule has 0 aliphatic carbocycles. The van der Waals surface area contributed by atoms with Crippen molar-refractivity contribution in [2.75, 3.05) is 25.7 Å². The first-order chi connectivity index (χ1) is 9.83. The van der Waals surface area contributed by atoms with Gasteiger partial charge in [-0.3, -0.25) is 0 Å². The van der Waals surface area contributed by atoms with E-state index in [0.717, 1.165) is 5.56 Å². The highest BCUT2D eigenvalue weighted by Gasteiger charge is 2.04. The van der Waals surface area contributed by atoms with Gasteiger partial charge in [-0.05, 0) is 29.0 Å². The molecule has 20 heavy (non-hydrogen) atoms. The molecule has 1 aromatic carbocycles. The van der Waals surface area contributed by atoms with Crippen LogP contribution in [0.25, 0.3) is 0 Å². The van der Waals surface area contributed by atoms with Gasteiger partial charge >= 0.3 is 0 Å². The summed E-state index contributed by atoms with van der Waals surface area (Å²) >= 11 is 0. The molecular weight excluding hydrogens is 264 g/mol. The van der Waals surface area contributed by atoms with E-state index in [4.69, 9.17) is 14.6 Å². The number of hydrogen-bond donors (Lipinski definition) is 3. The highest BCUT2D eigenvalue weighted by Crippen LogP contribution is 2.27. The molecule has 9 nitrogen and oxygen atoms in total. The van der Waals surface area contributed by atoms with E-state index in [1.54, 1.807) is 31.5 Å². The lowest BCUT2D eigenvalue weighted by atomic mass is 10.2. The van der Waals surface area contributed by atoms with Crippen LogP contribution in [-0.4, -0.2) is 52.3 Å². The van der Waals surface area contributed by atoms with Crippen LogP contribution in [0.4, 0.5) is 5.95 Å². The number of benzene rings is 1. The van der Waals surface area contributed by atoms with Gasteiger partial charge in [-0.1, -0.05) is 5.10 Å². The Morgan fingerprint density at radius 2 is 2.35 bits per heavy atom. The third-order valence-electron chi connectivity index (χ3n) is 2.26. The summed E-state index contributed by atoms with van der Waals surface area (Å²) in [6, 6.07) is 5.30. The standard InChI is InChI=1S/C11H14N6O3/c1-19-10-6-8(2-3-9(10)20-5-4-18)7-12-13-11-14-16-17-15-11/h2-3,6-7,18H,4-5H2,1H3,(H2,13,14,15,16,17). The SMILES string of the molecule is COc1cc(C=NNc2nn[nH]n2)ccc1OCCO. The number of aliphatic hydroxyl groups excluding tert-OH is 1. The monoisotopic (exact) mass is 278 g/mol. The Balaban J connectivity index is 2.03. The summed E-state index contributed by atoms with van der Waals surface area (Å²) in [5.41, 5.74) is 3.41. The molecule has 0 radical (unpaired) electrons. The van der Waals surface area contributed by atoms with Crippen LogP contribution in [0.15, 0.2) is 23.3 Å². The Bertz CT molecular complexity index is 557. The molecule has 0 atom stereocenters. The molecular formula is C11H14N6O3. The predicted octanol–water partition coefficient (Wildman–Crippen LogP) is 0.0254. The molecule has 1 aromatic heterocycles. The summed E-state index contributed by atoms with van der Waals surface area (Å²) in [4.78, 5) is 0. The number of ether oxygens (including phenoxy) is 2. The van der Waals surface area contributed by atoms with E-state index in [1.807, 2.05) is 0 Å². The van der Waals surface area contributed by atoms with Crippen LogP contribution in [-0.2, 0) is 0 Å². The average Bonchev–Trinajstić information content (AvgIpc) is 2.99. The van der Waals surface area contributed by atoms with E-state index in [-0.39, 0.29) is 19.2 Å². The number of hydrogen-bond acceptors (Lipinski definition) is 8. The molecule has 9 heteroatoms. The lowest BCUT2D eigenvalue weighted by Gasteiger charge is -2.09. The molecule has 0 fully saturated rings. The van der Waals surface area contributed by atoms with Gasteiger partial charge in [0, 0.05) is 0 Å². The molecule has 0 amide bonds. The first-order valence-electron chi connectivity index (χ1n) is 5.77. The third-order valence-corrected chi connectivity index (χ3v) is 2.26. The second kappa shape index (κ2) is 7.04. The van der Waals surface area contributed by atoms with Gasteiger partial charge in [-0.2, -0.15) is 10.3 Å². The molecule has 0 saturated carbocycles. The maximum Gasteiger partial charge on any atom is 0.283 e. The minimum absolute atomic E-state index is 0.0546. The fraction of sp³-hybridized carbons (Fsp3) is 0.273. The Labute approximate surface area is 114 Å². The zero-order valence-corrected chi connectivity index (χ0v) is 10.8. The van der Waals surface area contributed by atoms with Crippen LogP contribution in [0.3, 0.4) is 0 Å². The van der Waals surface area contributed by atoms with Crippen molar-refractivity contribution in [3.8, 4) is 11.5 Å². The zero-order valence-electron chi connectivity index (χ0n) is 10.8. The summed E-state index contributed by atoms with van der Waals surface area (Å²) < 4.78 is 10.5. The van der Waals surface area contributed by atoms with Crippen molar-refractivity contribution in [2.45, 2.75) is 0 Å². The van der Waals surface area contributed by atoms with Crippen LogP contribution in [0.2, 0.25) is 0 Å². The molecule has 2 aromatic rings. The number of aliphatic hydroxyl groups is 1. The average molecular weight is 278 g/mol. The second-order valence-electron chi connectivity index (χ2n) is 3.59. The van der Waals surface area contributed by atoms with Gasteiger partial charge < -0.3 is 14.6 Å². The van der Waals surface area contributed by atoms with E-state index < -0.39 is 0 Å². The van der Waals surface area contributed by atoms with Gasteiger partial charge in [0.15, 0.2) is 11.5 Å². The summed E-state index contributed by atoms with van der Waals surface area (Å²) in [5, 5.41) is 25.8. The van der Waals surface area contributed by atoms with Gasteiger partial charge in [0.25, 0.3) is 5.95 Å². The summed E-state index contributed by atoms with van der Waals surface area (Å²) in [7, 11) is 1.54. The normalized spacial score (nSPS) is 10.7. The number of aromatic amines is 1. The lowest BCUT2D eigenvalue weighted by Crippen LogP contribution is -2.03. The number of H-pyrrole nitrogens is 1. The van der Waals surface area contributed by atoms with Crippen molar-refractivity contribution in [1.29, 1.82) is 0 Å². The molecule has 0 aliphatic heterocycles. The smallest absolute Gasteiger partial charge is 0.283 e. The molecule has 0 bridgehead atoms. The van der Waals surface area contributed by atoms with Crippen LogP contribution in [0.5, 0.6) is 11.5 Å². The van der Waals surface area contributed by atoms with E-state index in [2.05, 4.69) is 31.2 Å². The van der Waals surface area contributed by atoms with Crippen molar-refractivity contribution in [1.82, 2.24) is 20.6 Å². The fourth-order valence-electron chi connectivity index (χ4n) is 1.41. The minimum atomic E-state index is -0.0546. The second-order valence-corrected chi connectivity index (χ2v) is 3.59. The first kappa shape index (κ1) is 13.7. The number of anilines is 1. The molecule has 106 valence electrons. The molecule has 2 rings (SSSR count). The maximum absolute atomic E-state index is 8.74. The van der Waals surface area contributed by atoms with E-state index in [9.17, 15) is 0 Å². The van der Waals surface area contributed by atoms with Gasteiger partial charge in [-0.15, -0.1) is 5.10 Å². The highest BCUT2D eigenvalue weighted by atomic mass is 16.5. The molecule has 0 spiro atoms. The van der Waals surface area contributed by atoms with Crippen molar-refractivity contribution >= 4 is 12.2 Å².